The van der Waals surface area contributed by atoms with Gasteiger partial charge in [0, 0.05) is 5.69 Å². The first-order valence-corrected chi connectivity index (χ1v) is 9.47. The summed E-state index contributed by atoms with van der Waals surface area (Å²) in [5, 5.41) is 6.46. The summed E-state index contributed by atoms with van der Waals surface area (Å²) < 4.78 is 0. The number of amides is 1. The van der Waals surface area contributed by atoms with Crippen LogP contribution in [0.4, 0.5) is 23.3 Å². The second kappa shape index (κ2) is 9.31. The molecule has 9 heteroatoms. The molecule has 3 aromatic rings. The molecule has 0 bridgehead atoms. The number of nitrogens with two attached hydrogens (primary N) is 1. The van der Waals surface area contributed by atoms with Crippen molar-refractivity contribution in [2.24, 2.45) is 0 Å². The van der Waals surface area contributed by atoms with Gasteiger partial charge in [0.1, 0.15) is 6.54 Å². The van der Waals surface area contributed by atoms with Gasteiger partial charge in [-0.05, 0) is 30.7 Å². The number of carbonyl (C=O) groups is 1. The lowest BCUT2D eigenvalue weighted by molar-refractivity contribution is -0.885. The lowest BCUT2D eigenvalue weighted by Gasteiger charge is -2.14. The summed E-state index contributed by atoms with van der Waals surface area (Å²) in [6, 6.07) is 14.9. The number of hydrogen-bond acceptors (Lipinski definition) is 6. The molecule has 0 fully saturated rings. The molecule has 1 unspecified atom stereocenters. The number of anilines is 4. The number of nitrogens with one attached hydrogen (secondary N) is 3. The highest BCUT2D eigenvalue weighted by molar-refractivity contribution is 6.33. The number of carbonyl (C=O) groups excluding carboxylic acids is 1. The van der Waals surface area contributed by atoms with Crippen LogP contribution in [0.3, 0.4) is 0 Å². The molecule has 2 aromatic carbocycles. The van der Waals surface area contributed by atoms with E-state index in [0.717, 1.165) is 16.2 Å². The van der Waals surface area contributed by atoms with Crippen LogP contribution in [0, 0.1) is 6.92 Å². The van der Waals surface area contributed by atoms with E-state index >= 15 is 0 Å². The monoisotopic (exact) mass is 412 g/mol. The van der Waals surface area contributed by atoms with Gasteiger partial charge in [-0.1, -0.05) is 41.9 Å². The van der Waals surface area contributed by atoms with Crippen molar-refractivity contribution in [3.05, 3.63) is 64.9 Å². The molecule has 29 heavy (non-hydrogen) atoms. The Morgan fingerprint density at radius 1 is 1.07 bits per heavy atom. The Hall–Kier alpha value is -3.23. The standard InChI is InChI=1S/C20H22ClN7O/c1-13-7-3-5-9-15(13)24-20-26-17(25-19(22)27-20)11-28(2)12-18(29)23-16-10-6-4-8-14(16)21/h3-10H,11-12H2,1-2H3,(H,23,29)(H3,22,24,25,26,27)/p+1. The van der Waals surface area contributed by atoms with Crippen LogP contribution in [0.25, 0.3) is 0 Å². The van der Waals surface area contributed by atoms with Crippen LogP contribution in [0.2, 0.25) is 5.02 Å². The Morgan fingerprint density at radius 3 is 2.48 bits per heavy atom. The molecule has 0 aliphatic heterocycles. The van der Waals surface area contributed by atoms with E-state index in [9.17, 15) is 4.79 Å². The molecule has 5 N–H and O–H groups in total. The number of para-hydroxylation sites is 2. The summed E-state index contributed by atoms with van der Waals surface area (Å²) in [7, 11) is 1.88. The Morgan fingerprint density at radius 2 is 1.76 bits per heavy atom. The summed E-state index contributed by atoms with van der Waals surface area (Å²) in [5.41, 5.74) is 8.38. The average Bonchev–Trinajstić information content (AvgIpc) is 2.65. The van der Waals surface area contributed by atoms with Crippen LogP contribution in [0.15, 0.2) is 48.5 Å². The van der Waals surface area contributed by atoms with Crippen molar-refractivity contribution >= 4 is 40.8 Å². The Labute approximate surface area is 174 Å². The maximum absolute atomic E-state index is 12.3. The predicted octanol–water partition coefficient (Wildman–Crippen LogP) is 1.81. The SMILES string of the molecule is Cc1ccccc1Nc1nc(N)nc(C[NH+](C)CC(=O)Nc2ccccc2Cl)n1. The molecular weight excluding hydrogens is 390 g/mol. The van der Waals surface area contributed by atoms with Crippen molar-refractivity contribution < 1.29 is 9.69 Å². The fraction of sp³-hybridized carbons (Fsp3) is 0.200. The van der Waals surface area contributed by atoms with Crippen LogP contribution in [0.5, 0.6) is 0 Å². The van der Waals surface area contributed by atoms with Crippen LogP contribution in [0.1, 0.15) is 11.4 Å². The minimum absolute atomic E-state index is 0.124. The molecule has 0 aliphatic rings. The number of rotatable bonds is 7. The summed E-state index contributed by atoms with van der Waals surface area (Å²) in [5.74, 6) is 0.835. The van der Waals surface area contributed by atoms with Gasteiger partial charge in [0.15, 0.2) is 12.4 Å². The van der Waals surface area contributed by atoms with E-state index in [1.807, 2.05) is 50.4 Å². The molecule has 8 nitrogen and oxygen atoms in total. The van der Waals surface area contributed by atoms with Crippen molar-refractivity contribution in [3.63, 3.8) is 0 Å². The molecule has 1 aromatic heterocycles. The van der Waals surface area contributed by atoms with E-state index in [-0.39, 0.29) is 18.4 Å². The Bertz CT molecular complexity index is 1010. The lowest BCUT2D eigenvalue weighted by Crippen LogP contribution is -3.08. The van der Waals surface area contributed by atoms with Crippen molar-refractivity contribution in [2.45, 2.75) is 13.5 Å². The topological polar surface area (TPSA) is 110 Å². The minimum Gasteiger partial charge on any atom is -0.368 e. The van der Waals surface area contributed by atoms with Crippen LogP contribution >= 0.6 is 11.6 Å². The number of nitrogens with zero attached hydrogens (tertiary/aromatic N) is 3. The average molecular weight is 413 g/mol. The maximum atomic E-state index is 12.3. The molecule has 0 spiro atoms. The molecule has 3 rings (SSSR count). The van der Waals surface area contributed by atoms with E-state index in [1.165, 1.54) is 0 Å². The Kier molecular flexibility index (Phi) is 6.58. The Balaban J connectivity index is 1.63. The van der Waals surface area contributed by atoms with Gasteiger partial charge in [-0.15, -0.1) is 0 Å². The fourth-order valence-electron chi connectivity index (χ4n) is 2.77. The van der Waals surface area contributed by atoms with Crippen LogP contribution < -0.4 is 21.3 Å². The number of aryl methyl sites for hydroxylation is 1. The van der Waals surface area contributed by atoms with Crippen molar-refractivity contribution in [1.29, 1.82) is 0 Å². The van der Waals surface area contributed by atoms with Gasteiger partial charge in [-0.25, -0.2) is 0 Å². The van der Waals surface area contributed by atoms with E-state index in [2.05, 4.69) is 25.6 Å². The summed E-state index contributed by atoms with van der Waals surface area (Å²) in [6.45, 7) is 2.62. The third kappa shape index (κ3) is 5.87. The molecule has 1 amide bonds. The molecule has 1 heterocycles. The van der Waals surface area contributed by atoms with E-state index in [4.69, 9.17) is 17.3 Å². The number of likely N-dealkylation sites (N-methyl/N-ethyl adjacent to an activating group) is 1. The number of hydrogen-bond donors (Lipinski definition) is 4. The molecule has 1 atom stereocenters. The molecule has 150 valence electrons. The number of halogens is 1. The van der Waals surface area contributed by atoms with Crippen molar-refractivity contribution in [1.82, 2.24) is 15.0 Å². The smallest absolute Gasteiger partial charge is 0.279 e. The van der Waals surface area contributed by atoms with E-state index in [1.54, 1.807) is 12.1 Å². The van der Waals surface area contributed by atoms with Crippen molar-refractivity contribution in [3.8, 4) is 0 Å². The fourth-order valence-corrected chi connectivity index (χ4v) is 2.95. The van der Waals surface area contributed by atoms with Crippen LogP contribution in [-0.2, 0) is 11.3 Å². The summed E-state index contributed by atoms with van der Waals surface area (Å²) in [4.78, 5) is 25.9. The molecule has 0 aliphatic carbocycles. The zero-order valence-electron chi connectivity index (χ0n) is 16.2. The highest BCUT2D eigenvalue weighted by Gasteiger charge is 2.15. The minimum atomic E-state index is -0.157. The maximum Gasteiger partial charge on any atom is 0.279 e. The number of nitrogen functional groups attached to an aromatic ring is 1. The lowest BCUT2D eigenvalue weighted by atomic mass is 10.2. The quantitative estimate of drug-likeness (QED) is 0.471. The second-order valence-corrected chi connectivity index (χ2v) is 7.12. The highest BCUT2D eigenvalue weighted by atomic mass is 35.5. The molecule has 0 radical (unpaired) electrons. The molecular formula is C20H23ClN7O+. The van der Waals surface area contributed by atoms with Gasteiger partial charge in [0.2, 0.25) is 11.9 Å². The van der Waals surface area contributed by atoms with Gasteiger partial charge in [-0.2, -0.15) is 15.0 Å². The zero-order chi connectivity index (χ0) is 20.8. The van der Waals surface area contributed by atoms with E-state index in [0.29, 0.717) is 29.0 Å². The second-order valence-electron chi connectivity index (χ2n) is 6.71. The first-order valence-electron chi connectivity index (χ1n) is 9.09. The third-order valence-electron chi connectivity index (χ3n) is 4.16. The van der Waals surface area contributed by atoms with Gasteiger partial charge in [0.05, 0.1) is 17.8 Å². The predicted molar refractivity (Wildman–Crippen MR) is 114 cm³/mol. The van der Waals surface area contributed by atoms with Gasteiger partial charge in [-0.3, -0.25) is 4.79 Å². The van der Waals surface area contributed by atoms with Crippen LogP contribution in [-0.4, -0.2) is 34.5 Å². The van der Waals surface area contributed by atoms with Crippen molar-refractivity contribution in [2.75, 3.05) is 30.0 Å². The third-order valence-corrected chi connectivity index (χ3v) is 4.49. The summed E-state index contributed by atoms with van der Waals surface area (Å²) in [6.07, 6.45) is 0. The first-order chi connectivity index (χ1) is 13.9. The molecule has 0 saturated carbocycles. The van der Waals surface area contributed by atoms with Gasteiger partial charge in [0.25, 0.3) is 5.91 Å². The zero-order valence-corrected chi connectivity index (χ0v) is 17.0. The highest BCUT2D eigenvalue weighted by Crippen LogP contribution is 2.20. The molecule has 0 saturated heterocycles. The number of benzene rings is 2. The van der Waals surface area contributed by atoms with Gasteiger partial charge < -0.3 is 21.3 Å². The number of aromatic nitrogens is 3. The summed E-state index contributed by atoms with van der Waals surface area (Å²) >= 11 is 6.08. The largest absolute Gasteiger partial charge is 0.368 e. The normalized spacial score (nSPS) is 11.7. The number of quaternary nitrogens is 1. The van der Waals surface area contributed by atoms with E-state index < -0.39 is 0 Å². The first kappa shape index (κ1) is 20.5. The van der Waals surface area contributed by atoms with Gasteiger partial charge >= 0.3 is 0 Å².